The number of carboxylic acid groups (broad SMARTS) is 1. The molecule has 2 rings (SSSR count). The minimum absolute atomic E-state index is 0. The number of aromatic nitrogens is 2. The van der Waals surface area contributed by atoms with Gasteiger partial charge in [-0.05, 0) is 5.56 Å². The smallest absolute Gasteiger partial charge is 0.327 e. The Morgan fingerprint density at radius 3 is 2.59 bits per heavy atom. The van der Waals surface area contributed by atoms with Gasteiger partial charge in [-0.2, -0.15) is 0 Å². The summed E-state index contributed by atoms with van der Waals surface area (Å²) < 4.78 is 1.61. The third-order valence-electron chi connectivity index (χ3n) is 2.44. The highest BCUT2D eigenvalue weighted by molar-refractivity contribution is 5.85. The van der Waals surface area contributed by atoms with Gasteiger partial charge in [0.2, 0.25) is 0 Å². The van der Waals surface area contributed by atoms with Crippen molar-refractivity contribution in [3.05, 3.63) is 54.6 Å². The fourth-order valence-electron chi connectivity index (χ4n) is 1.61. The molecule has 0 bridgehead atoms. The number of halogens is 1. The largest absolute Gasteiger partial charge is 0.480 e. The third-order valence-corrected chi connectivity index (χ3v) is 2.44. The van der Waals surface area contributed by atoms with E-state index in [2.05, 4.69) is 4.98 Å². The second kappa shape index (κ2) is 6.06. The fraction of sp³-hybridized carbons (Fsp3) is 0.167. The predicted molar refractivity (Wildman–Crippen MR) is 66.3 cm³/mol. The van der Waals surface area contributed by atoms with Gasteiger partial charge in [0, 0.05) is 18.8 Å². The molecule has 0 spiro atoms. The average molecular weight is 253 g/mol. The lowest BCUT2D eigenvalue weighted by Crippen LogP contribution is -2.20. The Labute approximate surface area is 105 Å². The SMILES string of the molecule is Cl.O=C(O)C(Cc1ccccc1)n1ccnc1. The number of hydrogen-bond acceptors (Lipinski definition) is 2. The second-order valence-electron chi connectivity index (χ2n) is 3.55. The topological polar surface area (TPSA) is 55.1 Å². The molecule has 1 aromatic carbocycles. The third kappa shape index (κ3) is 3.32. The van der Waals surface area contributed by atoms with Gasteiger partial charge in [0.05, 0.1) is 6.33 Å². The van der Waals surface area contributed by atoms with Gasteiger partial charge in [-0.1, -0.05) is 30.3 Å². The van der Waals surface area contributed by atoms with E-state index in [1.54, 1.807) is 17.0 Å². The normalized spacial score (nSPS) is 11.5. The number of imidazole rings is 1. The Bertz CT molecular complexity index is 457. The van der Waals surface area contributed by atoms with Crippen LogP contribution in [0, 0.1) is 0 Å². The highest BCUT2D eigenvalue weighted by atomic mass is 35.5. The molecule has 1 heterocycles. The first kappa shape index (κ1) is 13.3. The van der Waals surface area contributed by atoms with E-state index in [9.17, 15) is 4.79 Å². The van der Waals surface area contributed by atoms with E-state index < -0.39 is 12.0 Å². The first-order chi connectivity index (χ1) is 7.77. The Kier molecular flexibility index (Phi) is 4.72. The molecule has 0 saturated carbocycles. The summed E-state index contributed by atoms with van der Waals surface area (Å²) in [7, 11) is 0. The van der Waals surface area contributed by atoms with Gasteiger partial charge in [0.15, 0.2) is 0 Å². The molecule has 5 heteroatoms. The number of benzene rings is 1. The van der Waals surface area contributed by atoms with Crippen molar-refractivity contribution >= 4 is 18.4 Å². The molecule has 1 unspecified atom stereocenters. The minimum Gasteiger partial charge on any atom is -0.480 e. The van der Waals surface area contributed by atoms with Crippen molar-refractivity contribution in [2.45, 2.75) is 12.5 Å². The zero-order valence-corrected chi connectivity index (χ0v) is 9.88. The zero-order valence-electron chi connectivity index (χ0n) is 9.06. The van der Waals surface area contributed by atoms with E-state index in [4.69, 9.17) is 5.11 Å². The number of carbonyl (C=O) groups is 1. The Morgan fingerprint density at radius 2 is 2.06 bits per heavy atom. The van der Waals surface area contributed by atoms with Crippen LogP contribution < -0.4 is 0 Å². The van der Waals surface area contributed by atoms with E-state index in [-0.39, 0.29) is 12.4 Å². The van der Waals surface area contributed by atoms with Crippen LogP contribution in [0.25, 0.3) is 0 Å². The zero-order chi connectivity index (χ0) is 11.4. The van der Waals surface area contributed by atoms with E-state index in [0.717, 1.165) is 5.56 Å². The van der Waals surface area contributed by atoms with Crippen molar-refractivity contribution in [2.24, 2.45) is 0 Å². The van der Waals surface area contributed by atoms with Crippen LogP contribution in [0.3, 0.4) is 0 Å². The van der Waals surface area contributed by atoms with Gasteiger partial charge < -0.3 is 9.67 Å². The molecule has 0 fully saturated rings. The molecule has 90 valence electrons. The van der Waals surface area contributed by atoms with E-state index in [1.165, 1.54) is 6.33 Å². The Morgan fingerprint density at radius 1 is 1.35 bits per heavy atom. The van der Waals surface area contributed by atoms with Crippen LogP contribution in [-0.2, 0) is 11.2 Å². The summed E-state index contributed by atoms with van der Waals surface area (Å²) >= 11 is 0. The molecule has 0 radical (unpaired) electrons. The lowest BCUT2D eigenvalue weighted by molar-refractivity contribution is -0.140. The first-order valence-electron chi connectivity index (χ1n) is 5.01. The van der Waals surface area contributed by atoms with Crippen LogP contribution in [0.2, 0.25) is 0 Å². The molecule has 0 aliphatic rings. The molecule has 0 amide bonds. The van der Waals surface area contributed by atoms with Gasteiger partial charge in [0.25, 0.3) is 0 Å². The highest BCUT2D eigenvalue weighted by Gasteiger charge is 2.18. The van der Waals surface area contributed by atoms with E-state index in [1.807, 2.05) is 30.3 Å². The molecule has 1 aromatic heterocycles. The number of carboxylic acids is 1. The van der Waals surface area contributed by atoms with Gasteiger partial charge in [-0.3, -0.25) is 0 Å². The lowest BCUT2D eigenvalue weighted by atomic mass is 10.1. The molecule has 0 aliphatic carbocycles. The van der Waals surface area contributed by atoms with Crippen LogP contribution in [0.1, 0.15) is 11.6 Å². The second-order valence-corrected chi connectivity index (χ2v) is 3.55. The van der Waals surface area contributed by atoms with E-state index in [0.29, 0.717) is 6.42 Å². The highest BCUT2D eigenvalue weighted by Crippen LogP contribution is 2.14. The monoisotopic (exact) mass is 252 g/mol. The number of rotatable bonds is 4. The van der Waals surface area contributed by atoms with Gasteiger partial charge in [-0.15, -0.1) is 12.4 Å². The molecular formula is C12H13ClN2O2. The van der Waals surface area contributed by atoms with Crippen molar-refractivity contribution in [3.63, 3.8) is 0 Å². The quantitative estimate of drug-likeness (QED) is 0.907. The molecule has 0 saturated heterocycles. The Hall–Kier alpha value is -1.81. The fourth-order valence-corrected chi connectivity index (χ4v) is 1.61. The van der Waals surface area contributed by atoms with Crippen molar-refractivity contribution in [1.29, 1.82) is 0 Å². The van der Waals surface area contributed by atoms with Crippen molar-refractivity contribution in [3.8, 4) is 0 Å². The predicted octanol–water partition coefficient (Wildman–Crippen LogP) is 2.17. The summed E-state index contributed by atoms with van der Waals surface area (Å²) in [6.45, 7) is 0. The van der Waals surface area contributed by atoms with Crippen LogP contribution in [0.4, 0.5) is 0 Å². The molecule has 1 atom stereocenters. The molecule has 4 nitrogen and oxygen atoms in total. The maximum absolute atomic E-state index is 11.2. The molecule has 2 aromatic rings. The molecular weight excluding hydrogens is 240 g/mol. The number of nitrogens with zero attached hydrogens (tertiary/aromatic N) is 2. The Balaban J connectivity index is 0.00000144. The van der Waals surface area contributed by atoms with Crippen LogP contribution >= 0.6 is 12.4 Å². The standard InChI is InChI=1S/C12H12N2O2.ClH/c15-12(16)11(14-7-6-13-9-14)8-10-4-2-1-3-5-10;/h1-7,9,11H,8H2,(H,15,16);1H. The average Bonchev–Trinajstić information content (AvgIpc) is 2.80. The van der Waals surface area contributed by atoms with Gasteiger partial charge in [0.1, 0.15) is 6.04 Å². The molecule has 1 N–H and O–H groups in total. The van der Waals surface area contributed by atoms with Gasteiger partial charge >= 0.3 is 5.97 Å². The van der Waals surface area contributed by atoms with Crippen molar-refractivity contribution in [1.82, 2.24) is 9.55 Å². The first-order valence-corrected chi connectivity index (χ1v) is 5.01. The van der Waals surface area contributed by atoms with E-state index >= 15 is 0 Å². The minimum atomic E-state index is -0.846. The van der Waals surface area contributed by atoms with Crippen molar-refractivity contribution < 1.29 is 9.90 Å². The van der Waals surface area contributed by atoms with Crippen LogP contribution in [-0.4, -0.2) is 20.6 Å². The summed E-state index contributed by atoms with van der Waals surface area (Å²) in [4.78, 5) is 15.0. The van der Waals surface area contributed by atoms with Crippen molar-refractivity contribution in [2.75, 3.05) is 0 Å². The summed E-state index contributed by atoms with van der Waals surface area (Å²) in [5, 5.41) is 9.16. The number of hydrogen-bond donors (Lipinski definition) is 1. The summed E-state index contributed by atoms with van der Waals surface area (Å²) in [5.41, 5.74) is 1.00. The summed E-state index contributed by atoms with van der Waals surface area (Å²) in [6.07, 6.45) is 5.25. The summed E-state index contributed by atoms with van der Waals surface area (Å²) in [6, 6.07) is 8.98. The summed E-state index contributed by atoms with van der Waals surface area (Å²) in [5.74, 6) is -0.846. The lowest BCUT2D eigenvalue weighted by Gasteiger charge is -2.13. The molecule has 0 aliphatic heterocycles. The van der Waals surface area contributed by atoms with Crippen LogP contribution in [0.15, 0.2) is 49.1 Å². The molecule has 17 heavy (non-hydrogen) atoms. The maximum atomic E-state index is 11.2. The van der Waals surface area contributed by atoms with Crippen LogP contribution in [0.5, 0.6) is 0 Å². The van der Waals surface area contributed by atoms with Gasteiger partial charge in [-0.25, -0.2) is 9.78 Å². The maximum Gasteiger partial charge on any atom is 0.327 e. The number of aliphatic carboxylic acids is 1.